The molecule has 2 heterocycles. The molecular weight excluding hydrogens is 408 g/mol. The summed E-state index contributed by atoms with van der Waals surface area (Å²) in [5, 5.41) is 0. The van der Waals surface area contributed by atoms with Gasteiger partial charge in [0.15, 0.2) is 18.1 Å². The average molecular weight is 434 g/mol. The van der Waals surface area contributed by atoms with Crippen LogP contribution in [-0.4, -0.2) is 67.8 Å². The topological polar surface area (TPSA) is 77.0 Å². The lowest BCUT2D eigenvalue weighted by molar-refractivity contribution is -0.133. The van der Waals surface area contributed by atoms with Crippen molar-refractivity contribution in [3.8, 4) is 28.5 Å². The van der Waals surface area contributed by atoms with Gasteiger partial charge in [-0.2, -0.15) is 0 Å². The molecule has 1 saturated heterocycles. The number of hydrogen-bond donors (Lipinski definition) is 0. The fourth-order valence-corrected chi connectivity index (χ4v) is 3.59. The largest absolute Gasteiger partial charge is 0.497 e. The van der Waals surface area contributed by atoms with Crippen LogP contribution in [0.25, 0.3) is 11.3 Å². The predicted molar refractivity (Wildman–Crippen MR) is 121 cm³/mol. The Kier molecular flexibility index (Phi) is 6.69. The van der Waals surface area contributed by atoms with Crippen LogP contribution in [0.1, 0.15) is 0 Å². The molecule has 0 saturated carbocycles. The quantitative estimate of drug-likeness (QED) is 0.566. The number of hydrogen-bond acceptors (Lipinski definition) is 7. The van der Waals surface area contributed by atoms with E-state index in [9.17, 15) is 4.79 Å². The van der Waals surface area contributed by atoms with E-state index in [1.807, 2.05) is 47.4 Å². The molecule has 1 aromatic heterocycles. The highest BCUT2D eigenvalue weighted by Crippen LogP contribution is 2.26. The summed E-state index contributed by atoms with van der Waals surface area (Å²) >= 11 is 0. The summed E-state index contributed by atoms with van der Waals surface area (Å²) < 4.78 is 16.2. The minimum absolute atomic E-state index is 0.0184. The average Bonchev–Trinajstić information content (AvgIpc) is 2.87. The molecule has 0 aliphatic carbocycles. The molecular formula is C24H26N4O4. The van der Waals surface area contributed by atoms with Crippen LogP contribution in [-0.2, 0) is 4.79 Å². The van der Waals surface area contributed by atoms with E-state index in [-0.39, 0.29) is 12.5 Å². The Morgan fingerprint density at radius 1 is 0.906 bits per heavy atom. The maximum atomic E-state index is 12.6. The number of anilines is 1. The smallest absolute Gasteiger partial charge is 0.260 e. The first-order valence-electron chi connectivity index (χ1n) is 10.4. The SMILES string of the molecule is COc1ccc(-c2cc(N3CCN(C(=O)COc4ccccc4OC)CC3)ncn2)cc1. The van der Waals surface area contributed by atoms with Crippen molar-refractivity contribution in [2.45, 2.75) is 0 Å². The summed E-state index contributed by atoms with van der Waals surface area (Å²) in [5.74, 6) is 2.79. The van der Waals surface area contributed by atoms with Crippen LogP contribution in [0.5, 0.6) is 17.2 Å². The van der Waals surface area contributed by atoms with Crippen molar-refractivity contribution < 1.29 is 19.0 Å². The van der Waals surface area contributed by atoms with Crippen molar-refractivity contribution in [1.82, 2.24) is 14.9 Å². The lowest BCUT2D eigenvalue weighted by Gasteiger charge is -2.35. The van der Waals surface area contributed by atoms with Crippen molar-refractivity contribution in [2.24, 2.45) is 0 Å². The lowest BCUT2D eigenvalue weighted by Crippen LogP contribution is -2.50. The zero-order chi connectivity index (χ0) is 22.3. The number of carbonyl (C=O) groups is 1. The number of carbonyl (C=O) groups excluding carboxylic acids is 1. The minimum atomic E-state index is -0.0443. The van der Waals surface area contributed by atoms with Gasteiger partial charge in [0.25, 0.3) is 5.91 Å². The van der Waals surface area contributed by atoms with Crippen molar-refractivity contribution >= 4 is 11.7 Å². The van der Waals surface area contributed by atoms with Gasteiger partial charge in [-0.25, -0.2) is 9.97 Å². The minimum Gasteiger partial charge on any atom is -0.497 e. The Hall–Kier alpha value is -3.81. The zero-order valence-corrected chi connectivity index (χ0v) is 18.2. The molecule has 0 bridgehead atoms. The molecule has 1 aliphatic heterocycles. The fourth-order valence-electron chi connectivity index (χ4n) is 3.59. The summed E-state index contributed by atoms with van der Waals surface area (Å²) in [6.07, 6.45) is 1.58. The van der Waals surface area contributed by atoms with Gasteiger partial charge in [-0.15, -0.1) is 0 Å². The highest BCUT2D eigenvalue weighted by atomic mass is 16.5. The molecule has 0 atom stereocenters. The second kappa shape index (κ2) is 10.00. The van der Waals surface area contributed by atoms with Crippen molar-refractivity contribution in [2.75, 3.05) is 51.9 Å². The van der Waals surface area contributed by atoms with Crippen LogP contribution < -0.4 is 19.1 Å². The number of methoxy groups -OCH3 is 2. The van der Waals surface area contributed by atoms with Crippen molar-refractivity contribution in [1.29, 1.82) is 0 Å². The predicted octanol–water partition coefficient (Wildman–Crippen LogP) is 2.89. The summed E-state index contributed by atoms with van der Waals surface area (Å²) in [6.45, 7) is 2.58. The number of aromatic nitrogens is 2. The third kappa shape index (κ3) is 4.91. The number of rotatable bonds is 7. The fraction of sp³-hybridized carbons (Fsp3) is 0.292. The molecule has 1 fully saturated rings. The van der Waals surface area contributed by atoms with Gasteiger partial charge in [-0.1, -0.05) is 12.1 Å². The molecule has 1 aliphatic rings. The van der Waals surface area contributed by atoms with Gasteiger partial charge < -0.3 is 24.0 Å². The summed E-state index contributed by atoms with van der Waals surface area (Å²) in [4.78, 5) is 25.4. The number of amides is 1. The molecule has 32 heavy (non-hydrogen) atoms. The molecule has 0 radical (unpaired) electrons. The Labute approximate surface area is 187 Å². The van der Waals surface area contributed by atoms with Crippen LogP contribution >= 0.6 is 0 Å². The Bertz CT molecular complexity index is 1050. The van der Waals surface area contributed by atoms with Gasteiger partial charge in [0.2, 0.25) is 0 Å². The molecule has 4 rings (SSSR count). The summed E-state index contributed by atoms with van der Waals surface area (Å²) in [7, 11) is 3.23. The van der Waals surface area contributed by atoms with Crippen LogP contribution in [0, 0.1) is 0 Å². The van der Waals surface area contributed by atoms with Crippen molar-refractivity contribution in [3.05, 3.63) is 60.9 Å². The second-order valence-corrected chi connectivity index (χ2v) is 7.30. The maximum Gasteiger partial charge on any atom is 0.260 e. The molecule has 166 valence electrons. The molecule has 8 nitrogen and oxygen atoms in total. The number of nitrogens with zero attached hydrogens (tertiary/aromatic N) is 4. The number of benzene rings is 2. The second-order valence-electron chi connectivity index (χ2n) is 7.30. The van der Waals surface area contributed by atoms with Crippen LogP contribution in [0.3, 0.4) is 0 Å². The first-order valence-corrected chi connectivity index (χ1v) is 10.4. The first-order chi connectivity index (χ1) is 15.7. The molecule has 2 aromatic carbocycles. The van der Waals surface area contributed by atoms with Gasteiger partial charge in [-0.05, 0) is 36.4 Å². The third-order valence-corrected chi connectivity index (χ3v) is 5.42. The maximum absolute atomic E-state index is 12.6. The molecule has 0 spiro atoms. The van der Waals surface area contributed by atoms with Crippen molar-refractivity contribution in [3.63, 3.8) is 0 Å². The van der Waals surface area contributed by atoms with Crippen LogP contribution in [0.15, 0.2) is 60.9 Å². The summed E-state index contributed by atoms with van der Waals surface area (Å²) in [6, 6.07) is 17.1. The first kappa shape index (κ1) is 21.4. The van der Waals surface area contributed by atoms with Gasteiger partial charge >= 0.3 is 0 Å². The van der Waals surface area contributed by atoms with E-state index in [0.29, 0.717) is 37.7 Å². The van der Waals surface area contributed by atoms with E-state index in [4.69, 9.17) is 14.2 Å². The van der Waals surface area contributed by atoms with Crippen LogP contribution in [0.4, 0.5) is 5.82 Å². The van der Waals surface area contributed by atoms with Gasteiger partial charge in [0.1, 0.15) is 17.9 Å². The Balaban J connectivity index is 1.33. The zero-order valence-electron chi connectivity index (χ0n) is 18.2. The summed E-state index contributed by atoms with van der Waals surface area (Å²) in [5.41, 5.74) is 1.85. The van der Waals surface area contributed by atoms with E-state index in [1.54, 1.807) is 32.7 Å². The van der Waals surface area contributed by atoms with Gasteiger partial charge in [-0.3, -0.25) is 4.79 Å². The van der Waals surface area contributed by atoms with E-state index in [2.05, 4.69) is 14.9 Å². The molecule has 3 aromatic rings. The van der Waals surface area contributed by atoms with E-state index < -0.39 is 0 Å². The highest BCUT2D eigenvalue weighted by molar-refractivity contribution is 5.78. The monoisotopic (exact) mass is 434 g/mol. The van der Waals surface area contributed by atoms with Crippen LogP contribution in [0.2, 0.25) is 0 Å². The van der Waals surface area contributed by atoms with Gasteiger partial charge in [0.05, 0.1) is 19.9 Å². The normalized spacial score (nSPS) is 13.6. The highest BCUT2D eigenvalue weighted by Gasteiger charge is 2.23. The third-order valence-electron chi connectivity index (χ3n) is 5.42. The number of piperazine rings is 1. The van der Waals surface area contributed by atoms with Gasteiger partial charge in [0, 0.05) is 37.8 Å². The Morgan fingerprint density at radius 3 is 2.31 bits per heavy atom. The van der Waals surface area contributed by atoms with E-state index in [0.717, 1.165) is 22.8 Å². The van der Waals surface area contributed by atoms with E-state index in [1.165, 1.54) is 0 Å². The molecule has 0 N–H and O–H groups in total. The lowest BCUT2D eigenvalue weighted by atomic mass is 10.1. The standard InChI is InChI=1S/C24H26N4O4/c1-30-19-9-7-18(8-10-19)20-15-23(26-17-25-20)27-11-13-28(14-12-27)24(29)16-32-22-6-4-3-5-21(22)31-2/h3-10,15,17H,11-14,16H2,1-2H3. The van der Waals surface area contributed by atoms with E-state index >= 15 is 0 Å². The number of para-hydroxylation sites is 2. The molecule has 0 unspecified atom stereocenters. The number of ether oxygens (including phenoxy) is 3. The molecule has 8 heteroatoms. The Morgan fingerprint density at radius 2 is 1.62 bits per heavy atom. The molecule has 1 amide bonds.